The molecule has 4 nitrogen and oxygen atoms in total. The molecule has 0 spiro atoms. The van der Waals surface area contributed by atoms with Crippen LogP contribution in [0.2, 0.25) is 5.02 Å². The highest BCUT2D eigenvalue weighted by Crippen LogP contribution is 2.38. The minimum atomic E-state index is 0.554. The van der Waals surface area contributed by atoms with E-state index in [1.165, 1.54) is 0 Å². The van der Waals surface area contributed by atoms with E-state index in [4.69, 9.17) is 31.0 Å². The largest absolute Gasteiger partial charge is 0.454 e. The minimum absolute atomic E-state index is 0.554. The SMILES string of the molecule is Clc1cccc2c1oc1c(-c3nc(-c4ccccc4)nc(-c4ccccc4)n3)cccc12. The van der Waals surface area contributed by atoms with Crippen LogP contribution in [0, 0.1) is 0 Å². The summed E-state index contributed by atoms with van der Waals surface area (Å²) in [6, 6.07) is 31.6. The fourth-order valence-corrected chi connectivity index (χ4v) is 4.10. The van der Waals surface area contributed by atoms with E-state index in [0.717, 1.165) is 27.5 Å². The van der Waals surface area contributed by atoms with Crippen molar-refractivity contribution < 1.29 is 4.42 Å². The normalized spacial score (nSPS) is 11.3. The molecule has 0 fully saturated rings. The van der Waals surface area contributed by atoms with Crippen molar-refractivity contribution in [1.29, 1.82) is 0 Å². The maximum atomic E-state index is 6.40. The van der Waals surface area contributed by atoms with Crippen LogP contribution in [-0.2, 0) is 0 Å². The van der Waals surface area contributed by atoms with Crippen LogP contribution in [0.3, 0.4) is 0 Å². The van der Waals surface area contributed by atoms with Gasteiger partial charge in [-0.05, 0) is 12.1 Å². The summed E-state index contributed by atoms with van der Waals surface area (Å²) >= 11 is 6.40. The first-order chi connectivity index (χ1) is 15.8. The van der Waals surface area contributed by atoms with Gasteiger partial charge < -0.3 is 4.42 Å². The Morgan fingerprint density at radius 1 is 0.500 bits per heavy atom. The third kappa shape index (κ3) is 3.13. The van der Waals surface area contributed by atoms with Crippen LogP contribution in [-0.4, -0.2) is 15.0 Å². The Hall–Kier alpha value is -4.02. The lowest BCUT2D eigenvalue weighted by atomic mass is 10.1. The topological polar surface area (TPSA) is 51.8 Å². The zero-order valence-electron chi connectivity index (χ0n) is 16.9. The van der Waals surface area contributed by atoms with Gasteiger partial charge in [0, 0.05) is 21.9 Å². The number of nitrogens with zero attached hydrogens (tertiary/aromatic N) is 3. The van der Waals surface area contributed by atoms with E-state index in [1.807, 2.05) is 97.1 Å². The van der Waals surface area contributed by atoms with E-state index < -0.39 is 0 Å². The summed E-state index contributed by atoms with van der Waals surface area (Å²) in [5.74, 6) is 1.78. The lowest BCUT2D eigenvalue weighted by molar-refractivity contribution is 0.669. The van der Waals surface area contributed by atoms with Gasteiger partial charge in [0.15, 0.2) is 23.1 Å². The molecule has 0 atom stereocenters. The Labute approximate surface area is 189 Å². The minimum Gasteiger partial charge on any atom is -0.454 e. The van der Waals surface area contributed by atoms with Crippen LogP contribution in [0.25, 0.3) is 56.1 Å². The summed E-state index contributed by atoms with van der Waals surface area (Å²) in [5, 5.41) is 2.52. The molecule has 2 heterocycles. The molecule has 0 radical (unpaired) electrons. The molecule has 0 aliphatic rings. The molecule has 152 valence electrons. The van der Waals surface area contributed by atoms with Gasteiger partial charge in [-0.15, -0.1) is 0 Å². The highest BCUT2D eigenvalue weighted by molar-refractivity contribution is 6.36. The van der Waals surface area contributed by atoms with Crippen molar-refractivity contribution in [3.63, 3.8) is 0 Å². The number of rotatable bonds is 3. The molecule has 6 rings (SSSR count). The third-order valence-corrected chi connectivity index (χ3v) is 5.71. The van der Waals surface area contributed by atoms with Gasteiger partial charge in [0.25, 0.3) is 0 Å². The van der Waals surface area contributed by atoms with Crippen molar-refractivity contribution in [2.75, 3.05) is 0 Å². The van der Waals surface area contributed by atoms with Crippen molar-refractivity contribution in [2.24, 2.45) is 0 Å². The van der Waals surface area contributed by atoms with Crippen LogP contribution < -0.4 is 0 Å². The molecule has 0 saturated carbocycles. The molecule has 2 aromatic heterocycles. The predicted octanol–water partition coefficient (Wildman–Crippen LogP) is 7.43. The second-order valence-electron chi connectivity index (χ2n) is 7.44. The summed E-state index contributed by atoms with van der Waals surface area (Å²) < 4.78 is 6.23. The molecule has 0 aliphatic carbocycles. The Morgan fingerprint density at radius 3 is 1.66 bits per heavy atom. The van der Waals surface area contributed by atoms with E-state index in [0.29, 0.717) is 33.7 Å². The average Bonchev–Trinajstić information content (AvgIpc) is 3.25. The first-order valence-electron chi connectivity index (χ1n) is 10.2. The number of halogens is 1. The molecular formula is C27H16ClN3O. The number of fused-ring (bicyclic) bond motifs is 3. The molecular weight excluding hydrogens is 418 g/mol. The van der Waals surface area contributed by atoms with E-state index in [2.05, 4.69) is 0 Å². The molecule has 0 N–H and O–H groups in total. The van der Waals surface area contributed by atoms with Crippen LogP contribution in [0.5, 0.6) is 0 Å². The average molecular weight is 434 g/mol. The maximum Gasteiger partial charge on any atom is 0.167 e. The number of benzene rings is 4. The molecule has 0 aliphatic heterocycles. The summed E-state index contributed by atoms with van der Waals surface area (Å²) in [7, 11) is 0. The molecule has 4 aromatic carbocycles. The summed E-state index contributed by atoms with van der Waals surface area (Å²) in [5.41, 5.74) is 4.02. The molecule has 0 bridgehead atoms. The van der Waals surface area contributed by atoms with E-state index >= 15 is 0 Å². The number of furan rings is 1. The smallest absolute Gasteiger partial charge is 0.167 e. The van der Waals surface area contributed by atoms with Gasteiger partial charge in [0.1, 0.15) is 5.58 Å². The van der Waals surface area contributed by atoms with Crippen molar-refractivity contribution in [2.45, 2.75) is 0 Å². The standard InChI is InChI=1S/C27H16ClN3O/c28-22-16-8-14-20-19-13-7-15-21(23(19)32-24(20)22)27-30-25(17-9-3-1-4-10-17)29-26(31-27)18-11-5-2-6-12-18/h1-16H. The van der Waals surface area contributed by atoms with Crippen LogP contribution in [0.1, 0.15) is 0 Å². The van der Waals surface area contributed by atoms with E-state index in [1.54, 1.807) is 0 Å². The molecule has 32 heavy (non-hydrogen) atoms. The predicted molar refractivity (Wildman–Crippen MR) is 128 cm³/mol. The van der Waals surface area contributed by atoms with Gasteiger partial charge >= 0.3 is 0 Å². The van der Waals surface area contributed by atoms with E-state index in [-0.39, 0.29) is 0 Å². The summed E-state index contributed by atoms with van der Waals surface area (Å²) in [6.07, 6.45) is 0. The highest BCUT2D eigenvalue weighted by Gasteiger charge is 2.18. The van der Waals surface area contributed by atoms with Gasteiger partial charge in [0.05, 0.1) is 10.6 Å². The Bertz CT molecular complexity index is 1520. The fraction of sp³-hybridized carbons (Fsp3) is 0. The number of hydrogen-bond donors (Lipinski definition) is 0. The molecule has 6 aromatic rings. The zero-order chi connectivity index (χ0) is 21.5. The first kappa shape index (κ1) is 18.7. The lowest BCUT2D eigenvalue weighted by Gasteiger charge is -2.08. The quantitative estimate of drug-likeness (QED) is 0.291. The van der Waals surface area contributed by atoms with Gasteiger partial charge in [0.2, 0.25) is 0 Å². The Kier molecular flexibility index (Phi) is 4.44. The highest BCUT2D eigenvalue weighted by atomic mass is 35.5. The second kappa shape index (κ2) is 7.59. The number of hydrogen-bond acceptors (Lipinski definition) is 4. The van der Waals surface area contributed by atoms with Crippen molar-refractivity contribution in [3.05, 3.63) is 102 Å². The van der Waals surface area contributed by atoms with Crippen LogP contribution in [0.4, 0.5) is 0 Å². The summed E-state index contributed by atoms with van der Waals surface area (Å²) in [6.45, 7) is 0. The lowest BCUT2D eigenvalue weighted by Crippen LogP contribution is -2.00. The molecule has 0 amide bonds. The molecule has 5 heteroatoms. The Balaban J connectivity index is 1.64. The monoisotopic (exact) mass is 433 g/mol. The van der Waals surface area contributed by atoms with Crippen molar-refractivity contribution >= 4 is 33.5 Å². The summed E-state index contributed by atoms with van der Waals surface area (Å²) in [4.78, 5) is 14.4. The number of aromatic nitrogens is 3. The van der Waals surface area contributed by atoms with Crippen LogP contribution >= 0.6 is 11.6 Å². The second-order valence-corrected chi connectivity index (χ2v) is 7.85. The van der Waals surface area contributed by atoms with Gasteiger partial charge in [-0.25, -0.2) is 15.0 Å². The first-order valence-corrected chi connectivity index (χ1v) is 10.6. The van der Waals surface area contributed by atoms with Gasteiger partial charge in [-0.1, -0.05) is 96.5 Å². The van der Waals surface area contributed by atoms with Crippen molar-refractivity contribution in [3.8, 4) is 34.2 Å². The Morgan fingerprint density at radius 2 is 1.03 bits per heavy atom. The van der Waals surface area contributed by atoms with Crippen molar-refractivity contribution in [1.82, 2.24) is 15.0 Å². The zero-order valence-corrected chi connectivity index (χ0v) is 17.6. The molecule has 0 saturated heterocycles. The van der Waals surface area contributed by atoms with E-state index in [9.17, 15) is 0 Å². The maximum absolute atomic E-state index is 6.40. The van der Waals surface area contributed by atoms with Gasteiger partial charge in [-0.3, -0.25) is 0 Å². The van der Waals surface area contributed by atoms with Crippen LogP contribution in [0.15, 0.2) is 101 Å². The van der Waals surface area contributed by atoms with Gasteiger partial charge in [-0.2, -0.15) is 0 Å². The number of para-hydroxylation sites is 2. The molecule has 0 unspecified atom stereocenters. The fourth-order valence-electron chi connectivity index (χ4n) is 3.89. The third-order valence-electron chi connectivity index (χ3n) is 5.42.